The second-order valence-corrected chi connectivity index (χ2v) is 12.2. The summed E-state index contributed by atoms with van der Waals surface area (Å²) in [5.74, 6) is -14.2. The van der Waals surface area contributed by atoms with Gasteiger partial charge in [0.15, 0.2) is 23.2 Å². The van der Waals surface area contributed by atoms with Crippen molar-refractivity contribution in [3.63, 3.8) is 0 Å². The lowest BCUT2D eigenvalue weighted by Gasteiger charge is -2.33. The zero-order valence-electron chi connectivity index (χ0n) is 25.3. The van der Waals surface area contributed by atoms with Crippen molar-refractivity contribution in [2.75, 3.05) is 25.0 Å². The SMILES string of the molecule is CC(C)(C)c1ccccc1NC(=O)C(=O)N1CCCC[C@](C)(C(=O)N[C@@H](CC(=O)O)C(=O)COc2c(F)c(F)cc(F)c2F)C1. The quantitative estimate of drug-likeness (QED) is 0.214. The average molecular weight is 638 g/mol. The summed E-state index contributed by atoms with van der Waals surface area (Å²) in [6.45, 7) is 6.02. The number of halogens is 4. The lowest BCUT2D eigenvalue weighted by atomic mass is 9.83. The summed E-state index contributed by atoms with van der Waals surface area (Å²) in [4.78, 5) is 65.2. The van der Waals surface area contributed by atoms with Crippen LogP contribution in [0.1, 0.15) is 58.9 Å². The number of nitrogens with one attached hydrogen (secondary N) is 2. The predicted molar refractivity (Wildman–Crippen MR) is 153 cm³/mol. The number of ketones is 1. The van der Waals surface area contributed by atoms with Gasteiger partial charge in [0.1, 0.15) is 12.6 Å². The lowest BCUT2D eigenvalue weighted by molar-refractivity contribution is -0.146. The number of carboxylic acids is 1. The number of carbonyl (C=O) groups excluding carboxylic acids is 4. The van der Waals surface area contributed by atoms with E-state index in [1.165, 1.54) is 11.8 Å². The lowest BCUT2D eigenvalue weighted by Crippen LogP contribution is -2.53. The minimum Gasteiger partial charge on any atom is -0.481 e. The molecule has 45 heavy (non-hydrogen) atoms. The van der Waals surface area contributed by atoms with Crippen molar-refractivity contribution in [3.8, 4) is 5.75 Å². The van der Waals surface area contributed by atoms with Gasteiger partial charge in [0.05, 0.1) is 11.8 Å². The number of ether oxygens (including phenoxy) is 1. The predicted octanol–water partition coefficient (Wildman–Crippen LogP) is 4.11. The van der Waals surface area contributed by atoms with Crippen LogP contribution in [-0.4, -0.2) is 65.2 Å². The Morgan fingerprint density at radius 1 is 1.02 bits per heavy atom. The monoisotopic (exact) mass is 637 g/mol. The van der Waals surface area contributed by atoms with Crippen LogP contribution in [0, 0.1) is 28.7 Å². The normalized spacial score (nSPS) is 17.6. The van der Waals surface area contributed by atoms with Crippen molar-refractivity contribution in [2.24, 2.45) is 5.41 Å². The maximum absolute atomic E-state index is 14.0. The van der Waals surface area contributed by atoms with Crippen LogP contribution in [0.2, 0.25) is 0 Å². The van der Waals surface area contributed by atoms with Gasteiger partial charge in [-0.2, -0.15) is 8.78 Å². The Morgan fingerprint density at radius 2 is 1.64 bits per heavy atom. The highest BCUT2D eigenvalue weighted by Crippen LogP contribution is 2.32. The molecule has 0 saturated carbocycles. The van der Waals surface area contributed by atoms with Crippen LogP contribution in [0.15, 0.2) is 30.3 Å². The molecule has 0 aromatic heterocycles. The molecule has 2 aromatic carbocycles. The van der Waals surface area contributed by atoms with Gasteiger partial charge < -0.3 is 25.4 Å². The standard InChI is InChI=1S/C31H35F4N3O7/c1-30(2,3)17-9-5-6-10-20(17)36-27(42)28(43)38-12-8-7-11-31(4,16-38)29(44)37-21(14-23(40)41)22(39)15-45-26-24(34)18(32)13-19(33)25(26)35/h5-6,9-10,13,21H,7-8,11-12,14-16H2,1-4H3,(H,36,42)(H,37,44)(H,40,41)/t21-,31-/m0/s1. The Bertz CT molecular complexity index is 1470. The van der Waals surface area contributed by atoms with E-state index in [1.54, 1.807) is 12.1 Å². The third-order valence-electron chi connectivity index (χ3n) is 7.46. The van der Waals surface area contributed by atoms with E-state index in [-0.39, 0.29) is 31.0 Å². The summed E-state index contributed by atoms with van der Waals surface area (Å²) in [5, 5.41) is 14.3. The molecule has 0 radical (unpaired) electrons. The Hall–Kier alpha value is -4.49. The Morgan fingerprint density at radius 3 is 2.24 bits per heavy atom. The molecule has 3 N–H and O–H groups in total. The third kappa shape index (κ3) is 8.58. The highest BCUT2D eigenvalue weighted by atomic mass is 19.2. The van der Waals surface area contributed by atoms with E-state index in [9.17, 15) is 46.6 Å². The summed E-state index contributed by atoms with van der Waals surface area (Å²) in [7, 11) is 0. The molecule has 1 saturated heterocycles. The Labute approximate surface area is 257 Å². The van der Waals surface area contributed by atoms with E-state index in [0.717, 1.165) is 5.56 Å². The molecule has 14 heteroatoms. The summed E-state index contributed by atoms with van der Waals surface area (Å²) < 4.78 is 59.6. The van der Waals surface area contributed by atoms with Crippen molar-refractivity contribution in [1.29, 1.82) is 0 Å². The van der Waals surface area contributed by atoms with Crippen molar-refractivity contribution in [1.82, 2.24) is 10.2 Å². The summed E-state index contributed by atoms with van der Waals surface area (Å²) in [6, 6.07) is 5.21. The number of rotatable bonds is 9. The van der Waals surface area contributed by atoms with Crippen molar-refractivity contribution in [3.05, 3.63) is 59.2 Å². The number of hydrogen-bond donors (Lipinski definition) is 3. The van der Waals surface area contributed by atoms with Crippen molar-refractivity contribution < 1.29 is 51.4 Å². The molecule has 1 fully saturated rings. The van der Waals surface area contributed by atoms with Crippen LogP contribution in [0.3, 0.4) is 0 Å². The van der Waals surface area contributed by atoms with Gasteiger partial charge in [0, 0.05) is 24.8 Å². The average Bonchev–Trinajstić information content (AvgIpc) is 3.17. The zero-order chi connectivity index (χ0) is 33.7. The molecule has 1 heterocycles. The van der Waals surface area contributed by atoms with Crippen LogP contribution in [0.5, 0.6) is 5.75 Å². The second-order valence-electron chi connectivity index (χ2n) is 12.2. The molecule has 0 spiro atoms. The molecule has 10 nitrogen and oxygen atoms in total. The molecule has 3 amide bonds. The molecular formula is C31H35F4N3O7. The summed E-state index contributed by atoms with van der Waals surface area (Å²) in [6.07, 6.45) is 0.158. The fourth-order valence-corrected chi connectivity index (χ4v) is 5.00. The maximum atomic E-state index is 14.0. The number of carboxylic acid groups (broad SMARTS) is 1. The van der Waals surface area contributed by atoms with Crippen LogP contribution in [-0.2, 0) is 29.4 Å². The number of Topliss-reactive ketones (excluding diaryl/α,β-unsaturated/α-hetero) is 1. The fourth-order valence-electron chi connectivity index (χ4n) is 5.00. The number of likely N-dealkylation sites (tertiary alicyclic amines) is 1. The van der Waals surface area contributed by atoms with Crippen LogP contribution in [0.25, 0.3) is 0 Å². The minimum atomic E-state index is -1.90. The topological polar surface area (TPSA) is 142 Å². The van der Waals surface area contributed by atoms with E-state index in [0.29, 0.717) is 18.5 Å². The maximum Gasteiger partial charge on any atom is 0.313 e. The van der Waals surface area contributed by atoms with E-state index in [2.05, 4.69) is 15.4 Å². The number of anilines is 1. The van der Waals surface area contributed by atoms with Gasteiger partial charge in [-0.1, -0.05) is 45.4 Å². The molecular weight excluding hydrogens is 602 g/mol. The molecule has 2 aromatic rings. The third-order valence-corrected chi connectivity index (χ3v) is 7.46. The molecule has 244 valence electrons. The second kappa shape index (κ2) is 14.1. The number of para-hydroxylation sites is 1. The number of benzene rings is 2. The van der Waals surface area contributed by atoms with Crippen LogP contribution < -0.4 is 15.4 Å². The first-order chi connectivity index (χ1) is 20.9. The summed E-state index contributed by atoms with van der Waals surface area (Å²) >= 11 is 0. The molecule has 1 aliphatic heterocycles. The fraction of sp³-hybridized carbons (Fsp3) is 0.452. The molecule has 2 atom stereocenters. The minimum absolute atomic E-state index is 0.0529. The van der Waals surface area contributed by atoms with E-state index in [4.69, 9.17) is 0 Å². The molecule has 1 aliphatic rings. The molecule has 0 bridgehead atoms. The number of aliphatic carboxylic acids is 1. The van der Waals surface area contributed by atoms with Gasteiger partial charge in [-0.05, 0) is 36.8 Å². The van der Waals surface area contributed by atoms with Crippen LogP contribution in [0.4, 0.5) is 23.2 Å². The van der Waals surface area contributed by atoms with Gasteiger partial charge in [-0.25, -0.2) is 8.78 Å². The van der Waals surface area contributed by atoms with Crippen molar-refractivity contribution >= 4 is 35.2 Å². The Kier molecular flexibility index (Phi) is 10.9. The highest BCUT2D eigenvalue weighted by molar-refractivity contribution is 6.39. The summed E-state index contributed by atoms with van der Waals surface area (Å²) in [5.41, 5.74) is -0.455. The van der Waals surface area contributed by atoms with Crippen molar-refractivity contribution in [2.45, 2.75) is 64.8 Å². The molecule has 0 unspecified atom stereocenters. The number of carbonyl (C=O) groups is 5. The first-order valence-corrected chi connectivity index (χ1v) is 14.2. The van der Waals surface area contributed by atoms with E-state index >= 15 is 0 Å². The number of nitrogens with zero attached hydrogens (tertiary/aromatic N) is 1. The van der Waals surface area contributed by atoms with E-state index in [1.807, 2.05) is 32.9 Å². The van der Waals surface area contributed by atoms with Crippen LogP contribution >= 0.6 is 0 Å². The van der Waals surface area contributed by atoms with Gasteiger partial charge >= 0.3 is 17.8 Å². The molecule has 0 aliphatic carbocycles. The first-order valence-electron chi connectivity index (χ1n) is 14.2. The van der Waals surface area contributed by atoms with Gasteiger partial charge in [-0.3, -0.25) is 24.0 Å². The van der Waals surface area contributed by atoms with E-state index < -0.39 is 83.0 Å². The smallest absolute Gasteiger partial charge is 0.313 e. The van der Waals surface area contributed by atoms with Gasteiger partial charge in [-0.15, -0.1) is 0 Å². The number of amides is 3. The Balaban J connectivity index is 1.75. The molecule has 3 rings (SSSR count). The zero-order valence-corrected chi connectivity index (χ0v) is 25.3. The van der Waals surface area contributed by atoms with Gasteiger partial charge in [0.25, 0.3) is 0 Å². The number of hydrogen-bond acceptors (Lipinski definition) is 6. The highest BCUT2D eigenvalue weighted by Gasteiger charge is 2.41. The van der Waals surface area contributed by atoms with Gasteiger partial charge in [0.2, 0.25) is 17.5 Å². The first kappa shape index (κ1) is 35.0. The largest absolute Gasteiger partial charge is 0.481 e.